The molecule has 3 aliphatic heterocycles. The Kier molecular flexibility index (Phi) is 6.32. The van der Waals surface area contributed by atoms with Crippen molar-refractivity contribution in [1.29, 1.82) is 0 Å². The number of carboxylic acids is 1. The molecule has 4 rings (SSSR count). The third-order valence-corrected chi connectivity index (χ3v) is 9.46. The maximum Gasteiger partial charge on any atom is 0.322 e. The molecule has 4 heterocycles. The van der Waals surface area contributed by atoms with Gasteiger partial charge < -0.3 is 31.0 Å². The van der Waals surface area contributed by atoms with Crippen LogP contribution in [0.15, 0.2) is 10.5 Å². The largest absolute Gasteiger partial charge is 0.480 e. The zero-order valence-electron chi connectivity index (χ0n) is 16.2. The number of nitrogens with zero attached hydrogens (tertiary/aromatic N) is 3. The first kappa shape index (κ1) is 22.2. The molecular weight excluding hydrogens is 466 g/mol. The molecule has 1 aromatic rings. The highest BCUT2D eigenvalue weighted by Crippen LogP contribution is 2.46. The molecule has 14 heteroatoms. The smallest absolute Gasteiger partial charge is 0.322 e. The third-order valence-electron chi connectivity index (χ3n) is 5.37. The van der Waals surface area contributed by atoms with Crippen LogP contribution >= 0.6 is 34.9 Å². The Morgan fingerprint density at radius 2 is 2.16 bits per heavy atom. The first-order valence-corrected chi connectivity index (χ1v) is 12.3. The van der Waals surface area contributed by atoms with Crippen molar-refractivity contribution in [1.82, 2.24) is 15.2 Å². The number of aliphatic carboxylic acids is 1. The summed E-state index contributed by atoms with van der Waals surface area (Å²) < 4.78 is 4.26. The molecule has 5 N–H and O–H groups in total. The molecule has 31 heavy (non-hydrogen) atoms. The predicted molar refractivity (Wildman–Crippen MR) is 117 cm³/mol. The van der Waals surface area contributed by atoms with Crippen LogP contribution in [0.2, 0.25) is 0 Å². The molecule has 0 radical (unpaired) electrons. The number of fused-ring (bicyclic) bond motifs is 1. The van der Waals surface area contributed by atoms with Crippen molar-refractivity contribution in [3.8, 4) is 0 Å². The number of nitrogens with two attached hydrogens (primary N) is 1. The number of hydrogen-bond donors (Lipinski definition) is 4. The number of carboxylic acid groups (broad SMARTS) is 1. The average molecular weight is 488 g/mol. The normalized spacial score (nSPS) is 29.2. The molecule has 1 aromatic heterocycles. The van der Waals surface area contributed by atoms with E-state index in [4.69, 9.17) is 10.5 Å². The topological polar surface area (TPSA) is 167 Å². The van der Waals surface area contributed by atoms with E-state index in [1.54, 1.807) is 0 Å². The molecule has 3 aliphatic rings. The Bertz CT molecular complexity index is 920. The number of carbonyl (C=O) groups is 3. The Morgan fingerprint density at radius 1 is 1.42 bits per heavy atom. The van der Waals surface area contributed by atoms with Gasteiger partial charge in [-0.25, -0.2) is 4.98 Å². The van der Waals surface area contributed by atoms with E-state index >= 15 is 0 Å². The summed E-state index contributed by atoms with van der Waals surface area (Å²) in [7, 11) is 0. The highest BCUT2D eigenvalue weighted by atomic mass is 32.2. The number of hydrogen-bond acceptors (Lipinski definition) is 11. The van der Waals surface area contributed by atoms with Crippen LogP contribution in [0.4, 0.5) is 5.13 Å². The van der Waals surface area contributed by atoms with Gasteiger partial charge in [-0.05, 0) is 12.8 Å². The number of nitrogens with one attached hydrogen (secondary N) is 1. The van der Waals surface area contributed by atoms with Gasteiger partial charge in [0.05, 0.1) is 0 Å². The number of nitrogen functional groups attached to an aromatic ring is 1. The second kappa shape index (κ2) is 8.84. The zero-order chi connectivity index (χ0) is 22.2. The number of carbonyl (C=O) groups excluding carboxylic acids is 2. The first-order chi connectivity index (χ1) is 14.8. The highest BCUT2D eigenvalue weighted by Gasteiger charge is 2.58. The Hall–Kier alpha value is -2.03. The fourth-order valence-corrected chi connectivity index (χ4v) is 7.53. The zero-order valence-corrected chi connectivity index (χ0v) is 18.7. The van der Waals surface area contributed by atoms with Crippen LogP contribution in [0.3, 0.4) is 0 Å². The quantitative estimate of drug-likeness (QED) is 0.186. The van der Waals surface area contributed by atoms with Crippen LogP contribution in [0.1, 0.15) is 18.5 Å². The summed E-state index contributed by atoms with van der Waals surface area (Å²) in [5.41, 5.74) is 5.33. The van der Waals surface area contributed by atoms with Gasteiger partial charge in [-0.15, -0.1) is 34.9 Å². The molecule has 0 bridgehead atoms. The molecule has 3 saturated heterocycles. The molecule has 11 nitrogen and oxygen atoms in total. The van der Waals surface area contributed by atoms with Crippen molar-refractivity contribution in [2.75, 3.05) is 31.2 Å². The minimum Gasteiger partial charge on any atom is -0.480 e. The van der Waals surface area contributed by atoms with E-state index in [9.17, 15) is 24.7 Å². The summed E-state index contributed by atoms with van der Waals surface area (Å²) >= 11 is 3.83. The summed E-state index contributed by atoms with van der Waals surface area (Å²) in [4.78, 5) is 42.8. The van der Waals surface area contributed by atoms with E-state index in [-0.39, 0.29) is 39.6 Å². The standard InChI is InChI=1S/C17H21N5O6S3/c18-16-19-9(5-29-16)10(21-27)12(23)20-11-13(24)22-6-17(15(25)26,7-30-14(11)22)31-8-1-3-28-4-2-8/h5,8,11,14,27H,1-4,6-7H2,(H2,18,19)(H,20,23)(H,25,26)/t11?,14-,17?/m1/s1. The lowest BCUT2D eigenvalue weighted by atomic mass is 10.0. The summed E-state index contributed by atoms with van der Waals surface area (Å²) in [6, 6.07) is -0.829. The van der Waals surface area contributed by atoms with Gasteiger partial charge in [0.15, 0.2) is 10.8 Å². The van der Waals surface area contributed by atoms with Crippen LogP contribution in [0.25, 0.3) is 0 Å². The molecule has 0 spiro atoms. The monoisotopic (exact) mass is 487 g/mol. The van der Waals surface area contributed by atoms with Crippen LogP contribution in [-0.4, -0.2) is 90.6 Å². The summed E-state index contributed by atoms with van der Waals surface area (Å²) in [6.07, 6.45) is 1.57. The number of β-lactam (4-membered cyclic amide) rings is 1. The number of amides is 2. The van der Waals surface area contributed by atoms with Gasteiger partial charge in [0.1, 0.15) is 21.9 Å². The third kappa shape index (κ3) is 4.21. The van der Waals surface area contributed by atoms with E-state index in [0.717, 1.165) is 24.2 Å². The molecular formula is C17H21N5O6S3. The Morgan fingerprint density at radius 3 is 2.77 bits per heavy atom. The van der Waals surface area contributed by atoms with E-state index in [1.807, 2.05) is 0 Å². The molecule has 168 valence electrons. The maximum atomic E-state index is 12.7. The molecule has 3 fully saturated rings. The average Bonchev–Trinajstić information content (AvgIpc) is 3.19. The second-order valence-corrected chi connectivity index (χ2v) is 11.0. The lowest BCUT2D eigenvalue weighted by Crippen LogP contribution is -2.75. The summed E-state index contributed by atoms with van der Waals surface area (Å²) in [5, 5.41) is 26.2. The molecule has 2 unspecified atom stereocenters. The van der Waals surface area contributed by atoms with E-state index in [1.165, 1.54) is 33.8 Å². The molecule has 0 aliphatic carbocycles. The number of aromatic nitrogens is 1. The van der Waals surface area contributed by atoms with Crippen molar-refractivity contribution < 1.29 is 29.4 Å². The Labute approximate surface area is 189 Å². The van der Waals surface area contributed by atoms with Gasteiger partial charge in [-0.2, -0.15) is 0 Å². The van der Waals surface area contributed by atoms with Gasteiger partial charge in [-0.1, -0.05) is 5.16 Å². The van der Waals surface area contributed by atoms with Gasteiger partial charge in [0.2, 0.25) is 5.91 Å². The lowest BCUT2D eigenvalue weighted by molar-refractivity contribution is -0.151. The maximum absolute atomic E-state index is 12.7. The van der Waals surface area contributed by atoms with Gasteiger partial charge >= 0.3 is 5.97 Å². The number of thioether (sulfide) groups is 2. The van der Waals surface area contributed by atoms with Crippen molar-refractivity contribution in [3.05, 3.63) is 11.1 Å². The van der Waals surface area contributed by atoms with Crippen LogP contribution in [-0.2, 0) is 19.1 Å². The fourth-order valence-electron chi connectivity index (χ4n) is 3.73. The van der Waals surface area contributed by atoms with E-state index in [0.29, 0.717) is 19.0 Å². The molecule has 3 atom stereocenters. The number of anilines is 1. The molecule has 0 saturated carbocycles. The van der Waals surface area contributed by atoms with E-state index < -0.39 is 22.7 Å². The predicted octanol–water partition coefficient (Wildman–Crippen LogP) is 0.0391. The summed E-state index contributed by atoms with van der Waals surface area (Å²) in [6.45, 7) is 1.30. The van der Waals surface area contributed by atoms with Gasteiger partial charge in [0, 0.05) is 36.1 Å². The lowest BCUT2D eigenvalue weighted by Gasteiger charge is -2.54. The number of rotatable bonds is 6. The number of thiazole rings is 1. The summed E-state index contributed by atoms with van der Waals surface area (Å²) in [5.74, 6) is -1.74. The highest BCUT2D eigenvalue weighted by molar-refractivity contribution is 8.05. The molecule has 0 aromatic carbocycles. The van der Waals surface area contributed by atoms with Crippen LogP contribution < -0.4 is 11.1 Å². The van der Waals surface area contributed by atoms with Crippen molar-refractivity contribution in [2.24, 2.45) is 5.16 Å². The SMILES string of the molecule is Nc1nc(C(=NO)C(=O)NC2C(=O)N3CC(SC4CCOCC4)(C(=O)O)CS[C@H]23)cs1. The fraction of sp³-hybridized carbons (Fsp3) is 0.588. The van der Waals surface area contributed by atoms with Gasteiger partial charge in [0.25, 0.3) is 5.91 Å². The van der Waals surface area contributed by atoms with Crippen LogP contribution in [0, 0.1) is 0 Å². The van der Waals surface area contributed by atoms with Crippen molar-refractivity contribution in [3.63, 3.8) is 0 Å². The first-order valence-electron chi connectivity index (χ1n) is 9.50. The number of oxime groups is 1. The molecule has 2 amide bonds. The number of ether oxygens (including phenoxy) is 1. The van der Waals surface area contributed by atoms with Crippen molar-refractivity contribution >= 4 is 63.5 Å². The van der Waals surface area contributed by atoms with Crippen LogP contribution in [0.5, 0.6) is 0 Å². The second-order valence-electron chi connectivity index (χ2n) is 7.37. The minimum absolute atomic E-state index is 0.0802. The van der Waals surface area contributed by atoms with Crippen molar-refractivity contribution in [2.45, 2.75) is 34.3 Å². The Balaban J connectivity index is 1.41. The minimum atomic E-state index is -1.09. The van der Waals surface area contributed by atoms with Gasteiger partial charge in [-0.3, -0.25) is 14.4 Å². The van der Waals surface area contributed by atoms with E-state index in [2.05, 4.69) is 15.5 Å².